The Hall–Kier alpha value is -1.04. The molecule has 6 heteroatoms. The van der Waals surface area contributed by atoms with Gasteiger partial charge < -0.3 is 10.6 Å². The van der Waals surface area contributed by atoms with E-state index in [4.69, 9.17) is 5.73 Å². The number of nitrogens with zero attached hydrogens (tertiary/aromatic N) is 1. The first kappa shape index (κ1) is 14.4. The zero-order valence-electron chi connectivity index (χ0n) is 10.9. The van der Waals surface area contributed by atoms with Gasteiger partial charge in [0, 0.05) is 35.0 Å². The maximum absolute atomic E-state index is 12.8. The number of hydrogen-bond acceptors (Lipinski definition) is 3. The van der Waals surface area contributed by atoms with Crippen molar-refractivity contribution in [2.45, 2.75) is 24.8 Å². The molecule has 0 saturated carbocycles. The Morgan fingerprint density at radius 2 is 2.00 bits per heavy atom. The topological polar surface area (TPSA) is 29.3 Å². The van der Waals surface area contributed by atoms with E-state index in [-0.39, 0.29) is 10.4 Å². The third kappa shape index (κ3) is 3.29. The molecule has 0 amide bonds. The number of benzene rings is 1. The van der Waals surface area contributed by atoms with Gasteiger partial charge in [-0.05, 0) is 32.0 Å². The molecule has 2 rings (SSSR count). The van der Waals surface area contributed by atoms with E-state index in [1.54, 1.807) is 6.07 Å². The first-order valence-corrected chi connectivity index (χ1v) is 7.03. The zero-order valence-corrected chi connectivity index (χ0v) is 11.7. The third-order valence-electron chi connectivity index (χ3n) is 3.13. The molecule has 0 unspecified atom stereocenters. The van der Waals surface area contributed by atoms with Gasteiger partial charge in [-0.2, -0.15) is 24.9 Å². The second-order valence-corrected chi connectivity index (χ2v) is 7.10. The zero-order chi connectivity index (χ0) is 14.3. The summed E-state index contributed by atoms with van der Waals surface area (Å²) in [6.45, 7) is 5.70. The van der Waals surface area contributed by atoms with Crippen molar-refractivity contribution in [3.63, 3.8) is 0 Å². The maximum Gasteiger partial charge on any atom is 0.418 e. The van der Waals surface area contributed by atoms with E-state index < -0.39 is 11.7 Å². The molecule has 1 aromatic carbocycles. The summed E-state index contributed by atoms with van der Waals surface area (Å²) in [6.07, 6.45) is -4.40. The van der Waals surface area contributed by atoms with Crippen molar-refractivity contribution >= 4 is 23.1 Å². The van der Waals surface area contributed by atoms with E-state index in [1.165, 1.54) is 6.07 Å². The van der Waals surface area contributed by atoms with Crippen LogP contribution in [0.5, 0.6) is 0 Å². The molecule has 1 aliphatic heterocycles. The molecule has 0 radical (unpaired) electrons. The molecule has 1 aromatic rings. The Labute approximate surface area is 115 Å². The van der Waals surface area contributed by atoms with E-state index in [2.05, 4.69) is 13.8 Å². The van der Waals surface area contributed by atoms with Crippen LogP contribution in [-0.4, -0.2) is 23.6 Å². The van der Waals surface area contributed by atoms with Gasteiger partial charge >= 0.3 is 6.18 Å². The lowest BCUT2D eigenvalue weighted by atomic mass is 10.1. The van der Waals surface area contributed by atoms with Crippen molar-refractivity contribution in [2.75, 3.05) is 29.5 Å². The summed E-state index contributed by atoms with van der Waals surface area (Å²) in [7, 11) is 0. The Morgan fingerprint density at radius 1 is 1.32 bits per heavy atom. The maximum atomic E-state index is 12.8. The summed E-state index contributed by atoms with van der Waals surface area (Å²) in [5, 5.41) is 0. The highest BCUT2D eigenvalue weighted by Gasteiger charge is 2.34. The largest absolute Gasteiger partial charge is 0.418 e. The van der Waals surface area contributed by atoms with Crippen molar-refractivity contribution in [1.82, 2.24) is 0 Å². The molecule has 1 aliphatic rings. The SMILES string of the molecule is CC1(C)CN(c2ccc(N)c(C(F)(F)F)c2)CCS1. The lowest BCUT2D eigenvalue weighted by Gasteiger charge is -2.39. The highest BCUT2D eigenvalue weighted by Crippen LogP contribution is 2.38. The molecule has 0 aromatic heterocycles. The van der Waals surface area contributed by atoms with Gasteiger partial charge in [-0.1, -0.05) is 0 Å². The highest BCUT2D eigenvalue weighted by atomic mass is 32.2. The number of nitrogen functional groups attached to an aromatic ring is 1. The smallest absolute Gasteiger partial charge is 0.398 e. The second kappa shape index (κ2) is 4.81. The number of thioether (sulfide) groups is 1. The van der Waals surface area contributed by atoms with Crippen LogP contribution in [0.15, 0.2) is 18.2 Å². The monoisotopic (exact) mass is 290 g/mol. The first-order valence-electron chi connectivity index (χ1n) is 6.05. The predicted molar refractivity (Wildman–Crippen MR) is 74.6 cm³/mol. The number of anilines is 2. The molecule has 2 N–H and O–H groups in total. The van der Waals surface area contributed by atoms with Crippen molar-refractivity contribution in [3.05, 3.63) is 23.8 Å². The number of nitrogens with two attached hydrogens (primary N) is 1. The van der Waals surface area contributed by atoms with Gasteiger partial charge in [0.15, 0.2) is 0 Å². The van der Waals surface area contributed by atoms with Crippen LogP contribution in [0.4, 0.5) is 24.5 Å². The van der Waals surface area contributed by atoms with E-state index in [9.17, 15) is 13.2 Å². The van der Waals surface area contributed by atoms with Crippen LogP contribution in [0.2, 0.25) is 0 Å². The molecule has 19 heavy (non-hydrogen) atoms. The predicted octanol–water partition coefficient (Wildman–Crippen LogP) is 3.62. The standard InChI is InChI=1S/C13H17F3N2S/c1-12(2)8-18(5-6-19-12)9-3-4-11(17)10(7-9)13(14,15)16/h3-4,7H,5-6,8,17H2,1-2H3. The van der Waals surface area contributed by atoms with Crippen LogP contribution < -0.4 is 10.6 Å². The van der Waals surface area contributed by atoms with E-state index in [1.807, 2.05) is 16.7 Å². The molecule has 106 valence electrons. The highest BCUT2D eigenvalue weighted by molar-refractivity contribution is 8.00. The molecule has 2 nitrogen and oxygen atoms in total. The van der Waals surface area contributed by atoms with Crippen LogP contribution in [0.25, 0.3) is 0 Å². The summed E-state index contributed by atoms with van der Waals surface area (Å²) < 4.78 is 38.6. The minimum atomic E-state index is -4.40. The lowest BCUT2D eigenvalue weighted by Crippen LogP contribution is -2.43. The van der Waals surface area contributed by atoms with Crippen LogP contribution in [0.3, 0.4) is 0 Å². The number of hydrogen-bond donors (Lipinski definition) is 1. The summed E-state index contributed by atoms with van der Waals surface area (Å²) in [5.41, 5.74) is 5.04. The van der Waals surface area contributed by atoms with Gasteiger partial charge in [0.25, 0.3) is 0 Å². The fourth-order valence-corrected chi connectivity index (χ4v) is 3.33. The molecule has 0 atom stereocenters. The Kier molecular flexibility index (Phi) is 3.64. The molecule has 0 spiro atoms. The van der Waals surface area contributed by atoms with Crippen LogP contribution in [-0.2, 0) is 6.18 Å². The Morgan fingerprint density at radius 3 is 2.58 bits per heavy atom. The van der Waals surface area contributed by atoms with E-state index in [0.29, 0.717) is 5.69 Å². The van der Waals surface area contributed by atoms with Crippen molar-refractivity contribution in [3.8, 4) is 0 Å². The van der Waals surface area contributed by atoms with Crippen molar-refractivity contribution in [1.29, 1.82) is 0 Å². The molecule has 1 fully saturated rings. The molecule has 0 aliphatic carbocycles. The second-order valence-electron chi connectivity index (χ2n) is 5.30. The fraction of sp³-hybridized carbons (Fsp3) is 0.538. The van der Waals surface area contributed by atoms with Gasteiger partial charge in [-0.3, -0.25) is 0 Å². The van der Waals surface area contributed by atoms with Gasteiger partial charge in [0.2, 0.25) is 0 Å². The minimum absolute atomic E-state index is 0.0536. The first-order chi connectivity index (χ1) is 8.69. The number of alkyl halides is 3. The molecule has 1 heterocycles. The van der Waals surface area contributed by atoms with E-state index in [0.717, 1.165) is 24.9 Å². The van der Waals surface area contributed by atoms with Gasteiger partial charge in [-0.15, -0.1) is 0 Å². The molecule has 0 bridgehead atoms. The van der Waals surface area contributed by atoms with Crippen molar-refractivity contribution in [2.24, 2.45) is 0 Å². The van der Waals surface area contributed by atoms with Gasteiger partial charge in [0.1, 0.15) is 0 Å². The average Bonchev–Trinajstić information content (AvgIpc) is 2.26. The number of halogens is 3. The van der Waals surface area contributed by atoms with E-state index >= 15 is 0 Å². The molecule has 1 saturated heterocycles. The summed E-state index contributed by atoms with van der Waals surface area (Å²) >= 11 is 1.84. The summed E-state index contributed by atoms with van der Waals surface area (Å²) in [6, 6.07) is 4.16. The van der Waals surface area contributed by atoms with Gasteiger partial charge in [0.05, 0.1) is 5.56 Å². The van der Waals surface area contributed by atoms with Crippen LogP contribution in [0, 0.1) is 0 Å². The average molecular weight is 290 g/mol. The van der Waals surface area contributed by atoms with Crippen molar-refractivity contribution < 1.29 is 13.2 Å². The Balaban J connectivity index is 2.31. The lowest BCUT2D eigenvalue weighted by molar-refractivity contribution is -0.136. The summed E-state index contributed by atoms with van der Waals surface area (Å²) in [4.78, 5) is 1.99. The summed E-state index contributed by atoms with van der Waals surface area (Å²) in [5.74, 6) is 0.915. The fourth-order valence-electron chi connectivity index (χ4n) is 2.22. The molecular formula is C13H17F3N2S. The number of rotatable bonds is 1. The van der Waals surface area contributed by atoms with Crippen LogP contribution >= 0.6 is 11.8 Å². The quantitative estimate of drug-likeness (QED) is 0.801. The normalized spacial score (nSPS) is 19.5. The molecular weight excluding hydrogens is 273 g/mol. The minimum Gasteiger partial charge on any atom is -0.398 e. The van der Waals surface area contributed by atoms with Crippen LogP contribution in [0.1, 0.15) is 19.4 Å². The van der Waals surface area contributed by atoms with Gasteiger partial charge in [-0.25, -0.2) is 0 Å². The Bertz CT molecular complexity index is 471. The third-order valence-corrected chi connectivity index (χ3v) is 4.43.